The molecule has 0 saturated carbocycles. The SMILES string of the molecule is Cc1cnc(NN)nc1NCc1ncon1. The van der Waals surface area contributed by atoms with Gasteiger partial charge in [-0.2, -0.15) is 9.97 Å². The first-order valence-electron chi connectivity index (χ1n) is 4.59. The summed E-state index contributed by atoms with van der Waals surface area (Å²) >= 11 is 0. The van der Waals surface area contributed by atoms with Gasteiger partial charge >= 0.3 is 0 Å². The molecule has 0 bridgehead atoms. The van der Waals surface area contributed by atoms with Gasteiger partial charge in [0.2, 0.25) is 12.3 Å². The highest BCUT2D eigenvalue weighted by Crippen LogP contribution is 2.12. The zero-order chi connectivity index (χ0) is 11.4. The molecule has 84 valence electrons. The summed E-state index contributed by atoms with van der Waals surface area (Å²) in [5.74, 6) is 6.80. The number of nitrogens with two attached hydrogens (primary N) is 1. The molecule has 0 aliphatic carbocycles. The van der Waals surface area contributed by atoms with Gasteiger partial charge in [-0.3, -0.25) is 5.43 Å². The Hall–Kier alpha value is -2.22. The van der Waals surface area contributed by atoms with Crippen LogP contribution in [-0.4, -0.2) is 20.1 Å². The highest BCUT2D eigenvalue weighted by Gasteiger charge is 2.04. The minimum absolute atomic E-state index is 0.348. The summed E-state index contributed by atoms with van der Waals surface area (Å²) in [6.45, 7) is 2.32. The van der Waals surface area contributed by atoms with Gasteiger partial charge in [0.25, 0.3) is 0 Å². The van der Waals surface area contributed by atoms with Crippen LogP contribution in [0, 0.1) is 6.92 Å². The summed E-state index contributed by atoms with van der Waals surface area (Å²) in [4.78, 5) is 12.0. The van der Waals surface area contributed by atoms with E-state index < -0.39 is 0 Å². The number of nitrogen functional groups attached to an aromatic ring is 1. The minimum atomic E-state index is 0.348. The lowest BCUT2D eigenvalue weighted by atomic mass is 10.3. The van der Waals surface area contributed by atoms with Crippen LogP contribution in [0.2, 0.25) is 0 Å². The van der Waals surface area contributed by atoms with Crippen LogP contribution in [0.5, 0.6) is 0 Å². The standard InChI is InChI=1S/C8H11N7O/c1-5-2-11-8(14-9)13-7(5)10-3-6-12-4-16-15-6/h2,4H,3,9H2,1H3,(H2,10,11,13,14). The molecule has 0 radical (unpaired) electrons. The Morgan fingerprint density at radius 3 is 3.00 bits per heavy atom. The van der Waals surface area contributed by atoms with Crippen molar-refractivity contribution in [2.75, 3.05) is 10.7 Å². The maximum atomic E-state index is 5.22. The van der Waals surface area contributed by atoms with Gasteiger partial charge < -0.3 is 9.84 Å². The molecule has 8 nitrogen and oxygen atoms in total. The molecular weight excluding hydrogens is 210 g/mol. The van der Waals surface area contributed by atoms with Crippen LogP contribution >= 0.6 is 0 Å². The summed E-state index contributed by atoms with van der Waals surface area (Å²) < 4.78 is 4.61. The van der Waals surface area contributed by atoms with Crippen LogP contribution in [-0.2, 0) is 6.54 Å². The first-order valence-corrected chi connectivity index (χ1v) is 4.59. The quantitative estimate of drug-likeness (QED) is 0.490. The Kier molecular flexibility index (Phi) is 2.92. The predicted octanol–water partition coefficient (Wildman–Crippen LogP) is 0.0657. The fraction of sp³-hybridized carbons (Fsp3) is 0.250. The fourth-order valence-electron chi connectivity index (χ4n) is 1.12. The Morgan fingerprint density at radius 1 is 1.44 bits per heavy atom. The molecule has 2 aromatic heterocycles. The molecule has 0 amide bonds. The largest absolute Gasteiger partial charge is 0.362 e. The maximum Gasteiger partial charge on any atom is 0.239 e. The molecule has 4 N–H and O–H groups in total. The topological polar surface area (TPSA) is 115 Å². The van der Waals surface area contributed by atoms with Crippen molar-refractivity contribution >= 4 is 11.8 Å². The van der Waals surface area contributed by atoms with E-state index in [1.165, 1.54) is 6.39 Å². The number of rotatable bonds is 4. The molecule has 16 heavy (non-hydrogen) atoms. The summed E-state index contributed by atoms with van der Waals surface area (Å²) in [5.41, 5.74) is 3.28. The lowest BCUT2D eigenvalue weighted by molar-refractivity contribution is 0.411. The summed E-state index contributed by atoms with van der Waals surface area (Å²) in [5, 5.41) is 6.73. The molecule has 8 heteroatoms. The van der Waals surface area contributed by atoms with Gasteiger partial charge in [0.15, 0.2) is 5.82 Å². The van der Waals surface area contributed by atoms with Gasteiger partial charge in [0, 0.05) is 11.8 Å². The third-order valence-corrected chi connectivity index (χ3v) is 1.92. The van der Waals surface area contributed by atoms with Crippen LogP contribution in [0.1, 0.15) is 11.4 Å². The molecule has 0 unspecified atom stereocenters. The first-order chi connectivity index (χ1) is 7.79. The van der Waals surface area contributed by atoms with Gasteiger partial charge in [0.05, 0.1) is 6.54 Å². The molecule has 0 atom stereocenters. The third-order valence-electron chi connectivity index (χ3n) is 1.92. The van der Waals surface area contributed by atoms with E-state index in [2.05, 4.69) is 35.4 Å². The number of hydrazine groups is 1. The average Bonchev–Trinajstić information content (AvgIpc) is 2.81. The van der Waals surface area contributed by atoms with E-state index in [4.69, 9.17) is 5.84 Å². The molecule has 0 fully saturated rings. The van der Waals surface area contributed by atoms with E-state index in [0.29, 0.717) is 24.1 Å². The first kappa shape index (κ1) is 10.3. The van der Waals surface area contributed by atoms with E-state index in [0.717, 1.165) is 5.56 Å². The highest BCUT2D eigenvalue weighted by atomic mass is 16.5. The average molecular weight is 221 g/mol. The Bertz CT molecular complexity index is 455. The van der Waals surface area contributed by atoms with Crippen molar-refractivity contribution < 1.29 is 4.52 Å². The van der Waals surface area contributed by atoms with Gasteiger partial charge in [-0.1, -0.05) is 5.16 Å². The van der Waals surface area contributed by atoms with Gasteiger partial charge in [0.1, 0.15) is 5.82 Å². The van der Waals surface area contributed by atoms with E-state index >= 15 is 0 Å². The fourth-order valence-corrected chi connectivity index (χ4v) is 1.12. The number of hydrogen-bond donors (Lipinski definition) is 3. The molecule has 0 aliphatic heterocycles. The predicted molar refractivity (Wildman–Crippen MR) is 56.2 cm³/mol. The van der Waals surface area contributed by atoms with Crippen molar-refractivity contribution in [3.05, 3.63) is 24.0 Å². The lowest BCUT2D eigenvalue weighted by Crippen LogP contribution is -2.12. The Morgan fingerprint density at radius 2 is 2.31 bits per heavy atom. The number of nitrogens with zero attached hydrogens (tertiary/aromatic N) is 4. The molecule has 0 spiro atoms. The molecule has 0 aliphatic rings. The molecule has 2 aromatic rings. The summed E-state index contributed by atoms with van der Waals surface area (Å²) in [6.07, 6.45) is 2.94. The van der Waals surface area contributed by atoms with Crippen LogP contribution in [0.3, 0.4) is 0 Å². The van der Waals surface area contributed by atoms with Crippen LogP contribution in [0.15, 0.2) is 17.1 Å². The second-order valence-electron chi connectivity index (χ2n) is 3.07. The number of hydrogen-bond acceptors (Lipinski definition) is 8. The molecule has 2 heterocycles. The van der Waals surface area contributed by atoms with Crippen molar-refractivity contribution in [3.63, 3.8) is 0 Å². The van der Waals surface area contributed by atoms with Crippen molar-refractivity contribution in [1.82, 2.24) is 20.1 Å². The number of aryl methyl sites for hydroxylation is 1. The van der Waals surface area contributed by atoms with Crippen molar-refractivity contribution in [1.29, 1.82) is 0 Å². The van der Waals surface area contributed by atoms with Crippen LogP contribution in [0.4, 0.5) is 11.8 Å². The maximum absolute atomic E-state index is 5.22. The van der Waals surface area contributed by atoms with Crippen molar-refractivity contribution in [2.45, 2.75) is 13.5 Å². The zero-order valence-electron chi connectivity index (χ0n) is 8.64. The summed E-state index contributed by atoms with van der Waals surface area (Å²) in [7, 11) is 0. The normalized spacial score (nSPS) is 10.1. The second kappa shape index (κ2) is 4.53. The van der Waals surface area contributed by atoms with Crippen LogP contribution in [0.25, 0.3) is 0 Å². The highest BCUT2D eigenvalue weighted by molar-refractivity contribution is 5.45. The van der Waals surface area contributed by atoms with E-state index in [1.54, 1.807) is 6.20 Å². The van der Waals surface area contributed by atoms with E-state index in [9.17, 15) is 0 Å². The Balaban J connectivity index is 2.08. The second-order valence-corrected chi connectivity index (χ2v) is 3.07. The van der Waals surface area contributed by atoms with E-state index in [-0.39, 0.29) is 0 Å². The lowest BCUT2D eigenvalue weighted by Gasteiger charge is -2.07. The van der Waals surface area contributed by atoms with Gasteiger partial charge in [-0.15, -0.1) is 0 Å². The van der Waals surface area contributed by atoms with Crippen molar-refractivity contribution in [2.24, 2.45) is 5.84 Å². The zero-order valence-corrected chi connectivity index (χ0v) is 8.64. The smallest absolute Gasteiger partial charge is 0.239 e. The Labute approximate surface area is 91.3 Å². The van der Waals surface area contributed by atoms with Gasteiger partial charge in [-0.25, -0.2) is 10.8 Å². The number of anilines is 2. The number of nitrogens with one attached hydrogen (secondary N) is 2. The van der Waals surface area contributed by atoms with Gasteiger partial charge in [-0.05, 0) is 6.92 Å². The molecular formula is C8H11N7O. The van der Waals surface area contributed by atoms with E-state index in [1.807, 2.05) is 6.92 Å². The molecule has 0 saturated heterocycles. The minimum Gasteiger partial charge on any atom is -0.362 e. The van der Waals surface area contributed by atoms with Crippen molar-refractivity contribution in [3.8, 4) is 0 Å². The molecule has 2 rings (SSSR count). The number of aromatic nitrogens is 4. The third kappa shape index (κ3) is 2.23. The summed E-state index contributed by atoms with van der Waals surface area (Å²) in [6, 6.07) is 0. The molecule has 0 aromatic carbocycles. The van der Waals surface area contributed by atoms with Crippen LogP contribution < -0.4 is 16.6 Å². The monoisotopic (exact) mass is 221 g/mol.